The fourth-order valence-electron chi connectivity index (χ4n) is 3.46. The van der Waals surface area contributed by atoms with Crippen molar-refractivity contribution in [2.75, 3.05) is 45.2 Å². The highest BCUT2D eigenvalue weighted by Gasteiger charge is 2.21. The van der Waals surface area contributed by atoms with Crippen molar-refractivity contribution in [1.82, 2.24) is 9.88 Å². The number of fused-ring (bicyclic) bond motifs is 1. The van der Waals surface area contributed by atoms with Crippen LogP contribution in [0.3, 0.4) is 0 Å². The monoisotopic (exact) mass is 345 g/mol. The lowest BCUT2D eigenvalue weighted by molar-refractivity contribution is 0.0333. The topological polar surface area (TPSA) is 28.6 Å². The summed E-state index contributed by atoms with van der Waals surface area (Å²) in [5.41, 5.74) is 2.92. The zero-order valence-corrected chi connectivity index (χ0v) is 15.5. The van der Waals surface area contributed by atoms with Gasteiger partial charge in [-0.2, -0.15) is 0 Å². The van der Waals surface area contributed by atoms with Crippen molar-refractivity contribution >= 4 is 16.6 Å². The number of aromatic nitrogens is 1. The fourth-order valence-corrected chi connectivity index (χ4v) is 3.46. The van der Waals surface area contributed by atoms with Gasteiger partial charge in [0.25, 0.3) is 0 Å². The van der Waals surface area contributed by atoms with Gasteiger partial charge in [0.05, 0.1) is 11.6 Å². The highest BCUT2D eigenvalue weighted by molar-refractivity contribution is 5.92. The number of nitrogens with zero attached hydrogens (tertiary/aromatic N) is 3. The first kappa shape index (κ1) is 18.1. The molecule has 25 heavy (non-hydrogen) atoms. The second-order valence-corrected chi connectivity index (χ2v) is 7.16. The minimum Gasteiger partial charge on any atom is -0.378 e. The van der Waals surface area contributed by atoms with Crippen molar-refractivity contribution in [1.29, 1.82) is 0 Å². The molecular weight excluding hydrogens is 317 g/mol. The van der Waals surface area contributed by atoms with Gasteiger partial charge in [-0.25, -0.2) is 4.39 Å². The molecule has 5 heteroatoms. The van der Waals surface area contributed by atoms with Gasteiger partial charge in [-0.3, -0.25) is 4.98 Å². The molecule has 1 aromatic heterocycles. The van der Waals surface area contributed by atoms with Crippen molar-refractivity contribution in [2.45, 2.75) is 32.3 Å². The summed E-state index contributed by atoms with van der Waals surface area (Å²) >= 11 is 0. The predicted molar refractivity (Wildman–Crippen MR) is 101 cm³/mol. The first-order valence-corrected chi connectivity index (χ1v) is 9.11. The molecule has 0 saturated carbocycles. The van der Waals surface area contributed by atoms with E-state index in [4.69, 9.17) is 4.74 Å². The van der Waals surface area contributed by atoms with Crippen molar-refractivity contribution in [3.05, 3.63) is 35.8 Å². The van der Waals surface area contributed by atoms with E-state index in [-0.39, 0.29) is 5.82 Å². The number of hydrogen-bond donors (Lipinski definition) is 0. The second-order valence-electron chi connectivity index (χ2n) is 7.16. The molecule has 1 fully saturated rings. The Morgan fingerprint density at radius 2 is 2.00 bits per heavy atom. The molecular formula is C20H28FN3O. The Kier molecular flexibility index (Phi) is 5.86. The van der Waals surface area contributed by atoms with Crippen LogP contribution in [0.5, 0.6) is 0 Å². The van der Waals surface area contributed by atoms with E-state index in [1.165, 1.54) is 6.07 Å². The molecule has 0 unspecified atom stereocenters. The van der Waals surface area contributed by atoms with Crippen LogP contribution >= 0.6 is 0 Å². The Hall–Kier alpha value is -1.72. The average molecular weight is 345 g/mol. The van der Waals surface area contributed by atoms with Crippen molar-refractivity contribution < 1.29 is 9.13 Å². The maximum absolute atomic E-state index is 13.7. The summed E-state index contributed by atoms with van der Waals surface area (Å²) in [4.78, 5) is 9.06. The molecule has 0 aliphatic carbocycles. The number of rotatable bonds is 6. The number of pyridine rings is 1. The molecule has 3 rings (SSSR count). The van der Waals surface area contributed by atoms with Gasteiger partial charge >= 0.3 is 0 Å². The summed E-state index contributed by atoms with van der Waals surface area (Å²) in [6, 6.07) is 6.91. The van der Waals surface area contributed by atoms with Crippen molar-refractivity contribution in [2.24, 2.45) is 0 Å². The third-order valence-electron chi connectivity index (χ3n) is 4.76. The Balaban J connectivity index is 1.63. The third-order valence-corrected chi connectivity index (χ3v) is 4.76. The SMILES string of the molecule is Cc1cc(N2CCC(OCCCN(C)C)CC2)c2cc(F)ccc2n1. The number of hydrogen-bond acceptors (Lipinski definition) is 4. The first-order valence-electron chi connectivity index (χ1n) is 9.11. The number of ether oxygens (including phenoxy) is 1. The molecule has 1 aliphatic heterocycles. The molecule has 0 N–H and O–H groups in total. The highest BCUT2D eigenvalue weighted by atomic mass is 19.1. The maximum Gasteiger partial charge on any atom is 0.124 e. The van der Waals surface area contributed by atoms with Crippen molar-refractivity contribution in [3.63, 3.8) is 0 Å². The smallest absolute Gasteiger partial charge is 0.124 e. The lowest BCUT2D eigenvalue weighted by Gasteiger charge is -2.34. The molecule has 136 valence electrons. The summed E-state index contributed by atoms with van der Waals surface area (Å²) in [5.74, 6) is -0.210. The van der Waals surface area contributed by atoms with Gasteiger partial charge < -0.3 is 14.5 Å². The van der Waals surface area contributed by atoms with Crippen LogP contribution in [-0.4, -0.2) is 56.3 Å². The van der Waals surface area contributed by atoms with Gasteiger partial charge in [0, 0.05) is 36.5 Å². The Bertz CT molecular complexity index is 711. The molecule has 4 nitrogen and oxygen atoms in total. The van der Waals surface area contributed by atoms with Crippen LogP contribution in [0.15, 0.2) is 24.3 Å². The number of anilines is 1. The summed E-state index contributed by atoms with van der Waals surface area (Å²) in [7, 11) is 4.17. The largest absolute Gasteiger partial charge is 0.378 e. The maximum atomic E-state index is 13.7. The quantitative estimate of drug-likeness (QED) is 0.748. The first-order chi connectivity index (χ1) is 12.0. The Morgan fingerprint density at radius 3 is 2.72 bits per heavy atom. The summed E-state index contributed by atoms with van der Waals surface area (Å²) in [5, 5.41) is 0.899. The molecule has 1 aliphatic rings. The zero-order valence-electron chi connectivity index (χ0n) is 15.5. The van der Waals surface area contributed by atoms with E-state index in [2.05, 4.69) is 34.9 Å². The molecule has 1 saturated heterocycles. The zero-order chi connectivity index (χ0) is 17.8. The van der Waals surface area contributed by atoms with Crippen LogP contribution in [0.2, 0.25) is 0 Å². The van der Waals surface area contributed by atoms with Gasteiger partial charge in [-0.05, 0) is 71.1 Å². The number of piperidine rings is 1. The van der Waals surface area contributed by atoms with Gasteiger partial charge in [-0.15, -0.1) is 0 Å². The van der Waals surface area contributed by atoms with Crippen LogP contribution in [-0.2, 0) is 4.74 Å². The van der Waals surface area contributed by atoms with E-state index < -0.39 is 0 Å². The fraction of sp³-hybridized carbons (Fsp3) is 0.550. The van der Waals surface area contributed by atoms with Crippen LogP contribution in [0.4, 0.5) is 10.1 Å². The van der Waals surface area contributed by atoms with Gasteiger partial charge in [0.1, 0.15) is 5.82 Å². The van der Waals surface area contributed by atoms with Gasteiger partial charge in [-0.1, -0.05) is 0 Å². The van der Waals surface area contributed by atoms with E-state index in [1.807, 2.05) is 6.92 Å². The Labute approximate surface area is 149 Å². The molecule has 2 aromatic rings. The average Bonchev–Trinajstić information content (AvgIpc) is 2.59. The van der Waals surface area contributed by atoms with Crippen LogP contribution in [0, 0.1) is 12.7 Å². The van der Waals surface area contributed by atoms with E-state index in [0.717, 1.165) is 67.8 Å². The van der Waals surface area contributed by atoms with E-state index in [0.29, 0.717) is 6.10 Å². The summed E-state index contributed by atoms with van der Waals surface area (Å²) < 4.78 is 19.7. The minimum atomic E-state index is -0.210. The summed E-state index contributed by atoms with van der Waals surface area (Å²) in [6.07, 6.45) is 3.44. The van der Waals surface area contributed by atoms with Gasteiger partial charge in [0.15, 0.2) is 0 Å². The van der Waals surface area contributed by atoms with E-state index >= 15 is 0 Å². The molecule has 2 heterocycles. The number of aryl methyl sites for hydroxylation is 1. The second kappa shape index (κ2) is 8.11. The number of halogens is 1. The van der Waals surface area contributed by atoms with Crippen molar-refractivity contribution in [3.8, 4) is 0 Å². The Morgan fingerprint density at radius 1 is 1.24 bits per heavy atom. The van der Waals surface area contributed by atoms with Crippen LogP contribution < -0.4 is 4.90 Å². The third kappa shape index (κ3) is 4.67. The lowest BCUT2D eigenvalue weighted by Crippen LogP contribution is -2.37. The van der Waals surface area contributed by atoms with E-state index in [9.17, 15) is 4.39 Å². The van der Waals surface area contributed by atoms with Crippen LogP contribution in [0.1, 0.15) is 25.0 Å². The standard InChI is InChI=1S/C20H28FN3O/c1-15-13-20(18-14-16(21)5-6-19(18)22-15)24-10-7-17(8-11-24)25-12-4-9-23(2)3/h5-6,13-14,17H,4,7-12H2,1-3H3. The summed E-state index contributed by atoms with van der Waals surface area (Å²) in [6.45, 7) is 5.76. The molecule has 0 atom stereocenters. The number of benzene rings is 1. The van der Waals surface area contributed by atoms with Crippen LogP contribution in [0.25, 0.3) is 10.9 Å². The lowest BCUT2D eigenvalue weighted by atomic mass is 10.0. The molecule has 1 aromatic carbocycles. The minimum absolute atomic E-state index is 0.210. The molecule has 0 radical (unpaired) electrons. The molecule has 0 bridgehead atoms. The normalized spacial score (nSPS) is 16.1. The van der Waals surface area contributed by atoms with E-state index in [1.54, 1.807) is 12.1 Å². The van der Waals surface area contributed by atoms with Gasteiger partial charge in [0.2, 0.25) is 0 Å². The molecule has 0 amide bonds. The highest BCUT2D eigenvalue weighted by Crippen LogP contribution is 2.30. The molecule has 0 spiro atoms. The predicted octanol–water partition coefficient (Wildman–Crippen LogP) is 3.62.